The van der Waals surface area contributed by atoms with Gasteiger partial charge in [0.15, 0.2) is 5.78 Å². The van der Waals surface area contributed by atoms with Crippen LogP contribution in [0.1, 0.15) is 49.2 Å². The van der Waals surface area contributed by atoms with Gasteiger partial charge in [-0.05, 0) is 84.2 Å². The van der Waals surface area contributed by atoms with Gasteiger partial charge >= 0.3 is 0 Å². The van der Waals surface area contributed by atoms with Crippen molar-refractivity contribution < 1.29 is 18.7 Å². The standard InChI is InChI=1S/C28H23BrN4O4/c1-16-25(28(35)33-24-12-7-18(29)14-31-24)27(26-21(32-16)3-2-4-22(26)34)23-11-10-20(37-23)15-36-19-8-5-17(13-30)6-9-19/h5-12,14,27,32H,2-4,15H2,1H3,(H,31,33,35)/t27-/m1/s1. The number of benzene rings is 1. The van der Waals surface area contributed by atoms with Crippen LogP contribution in [0, 0.1) is 11.3 Å². The number of ether oxygens (including phenoxy) is 1. The molecular formula is C28H23BrN4O4. The molecule has 1 aliphatic carbocycles. The number of dihydropyridines is 1. The van der Waals surface area contributed by atoms with Gasteiger partial charge in [0.05, 0.1) is 23.1 Å². The molecule has 9 heteroatoms. The number of carbonyl (C=O) groups excluding carboxylic acids is 2. The van der Waals surface area contributed by atoms with Crippen LogP contribution in [0.4, 0.5) is 5.82 Å². The number of nitrogens with one attached hydrogen (secondary N) is 2. The van der Waals surface area contributed by atoms with E-state index in [9.17, 15) is 9.59 Å². The molecular weight excluding hydrogens is 536 g/mol. The van der Waals surface area contributed by atoms with E-state index in [1.807, 2.05) is 6.92 Å². The first-order valence-electron chi connectivity index (χ1n) is 11.8. The predicted molar refractivity (Wildman–Crippen MR) is 139 cm³/mol. The second-order valence-corrected chi connectivity index (χ2v) is 9.73. The number of nitriles is 1. The molecule has 1 amide bonds. The number of hydrogen-bond donors (Lipinski definition) is 2. The van der Waals surface area contributed by atoms with Crippen LogP contribution in [0.3, 0.4) is 0 Å². The highest BCUT2D eigenvalue weighted by molar-refractivity contribution is 9.10. The third kappa shape index (κ3) is 5.20. The molecule has 0 saturated carbocycles. The average Bonchev–Trinajstić information content (AvgIpc) is 3.37. The molecule has 3 aromatic rings. The van der Waals surface area contributed by atoms with Gasteiger partial charge in [-0.2, -0.15) is 5.26 Å². The van der Waals surface area contributed by atoms with Gasteiger partial charge in [0.25, 0.3) is 5.91 Å². The minimum atomic E-state index is -0.650. The molecule has 37 heavy (non-hydrogen) atoms. The van der Waals surface area contributed by atoms with Crippen molar-refractivity contribution in [3.63, 3.8) is 0 Å². The van der Waals surface area contributed by atoms with E-state index >= 15 is 0 Å². The molecule has 0 saturated heterocycles. The molecule has 2 N–H and O–H groups in total. The summed E-state index contributed by atoms with van der Waals surface area (Å²) in [5.41, 5.74) is 3.03. The number of hydrogen-bond acceptors (Lipinski definition) is 7. The van der Waals surface area contributed by atoms with Crippen LogP contribution in [0.25, 0.3) is 0 Å². The van der Waals surface area contributed by atoms with Gasteiger partial charge in [-0.15, -0.1) is 0 Å². The molecule has 0 bridgehead atoms. The van der Waals surface area contributed by atoms with Crippen molar-refractivity contribution in [2.45, 2.75) is 38.7 Å². The summed E-state index contributed by atoms with van der Waals surface area (Å²) in [4.78, 5) is 30.8. The van der Waals surface area contributed by atoms with Crippen molar-refractivity contribution in [1.82, 2.24) is 10.3 Å². The fraction of sp³-hybridized carbons (Fsp3) is 0.214. The molecule has 0 unspecified atom stereocenters. The molecule has 0 fully saturated rings. The maximum Gasteiger partial charge on any atom is 0.255 e. The Hall–Kier alpha value is -4.16. The summed E-state index contributed by atoms with van der Waals surface area (Å²) in [5, 5.41) is 15.1. The fourth-order valence-corrected chi connectivity index (χ4v) is 4.84. The molecule has 0 radical (unpaired) electrons. The minimum Gasteiger partial charge on any atom is -0.486 e. The zero-order valence-corrected chi connectivity index (χ0v) is 21.6. The Kier molecular flexibility index (Phi) is 6.93. The van der Waals surface area contributed by atoms with Gasteiger partial charge in [0.1, 0.15) is 29.7 Å². The lowest BCUT2D eigenvalue weighted by molar-refractivity contribution is -0.116. The normalized spacial score (nSPS) is 17.1. The SMILES string of the molecule is CC1=C(C(=O)Nc2ccc(Br)cn2)[C@@H](c2ccc(COc3ccc(C#N)cc3)o2)C2=C(CCCC2=O)N1. The number of halogens is 1. The summed E-state index contributed by atoms with van der Waals surface area (Å²) in [6.07, 6.45) is 3.52. The zero-order valence-electron chi connectivity index (χ0n) is 20.0. The molecule has 3 heterocycles. The Morgan fingerprint density at radius 1 is 1.22 bits per heavy atom. The van der Waals surface area contributed by atoms with Crippen molar-refractivity contribution in [3.8, 4) is 11.8 Å². The van der Waals surface area contributed by atoms with Crippen molar-refractivity contribution in [2.75, 3.05) is 5.32 Å². The topological polar surface area (TPSA) is 117 Å². The largest absolute Gasteiger partial charge is 0.486 e. The van der Waals surface area contributed by atoms with Crippen molar-refractivity contribution in [3.05, 3.63) is 98.8 Å². The van der Waals surface area contributed by atoms with Crippen LogP contribution in [-0.4, -0.2) is 16.7 Å². The number of ketones is 1. The van der Waals surface area contributed by atoms with E-state index in [4.69, 9.17) is 14.4 Å². The Labute approximate surface area is 222 Å². The van der Waals surface area contributed by atoms with Crippen LogP contribution < -0.4 is 15.4 Å². The van der Waals surface area contributed by atoms with Crippen LogP contribution >= 0.6 is 15.9 Å². The Morgan fingerprint density at radius 3 is 2.76 bits per heavy atom. The van der Waals surface area contributed by atoms with Crippen LogP contribution in [-0.2, 0) is 16.2 Å². The summed E-state index contributed by atoms with van der Waals surface area (Å²) in [5.74, 6) is 1.04. The highest BCUT2D eigenvalue weighted by Crippen LogP contribution is 2.43. The number of aromatic nitrogens is 1. The van der Waals surface area contributed by atoms with Crippen LogP contribution in [0.5, 0.6) is 5.75 Å². The molecule has 8 nitrogen and oxygen atoms in total. The van der Waals surface area contributed by atoms with E-state index in [0.29, 0.717) is 51.9 Å². The molecule has 2 aromatic heterocycles. The van der Waals surface area contributed by atoms with E-state index in [1.165, 1.54) is 0 Å². The quantitative estimate of drug-likeness (QED) is 0.410. The molecule has 2 aliphatic rings. The molecule has 1 aliphatic heterocycles. The molecule has 1 aromatic carbocycles. The summed E-state index contributed by atoms with van der Waals surface area (Å²) >= 11 is 3.35. The van der Waals surface area contributed by atoms with Crippen molar-refractivity contribution in [1.29, 1.82) is 5.26 Å². The van der Waals surface area contributed by atoms with Gasteiger partial charge in [-0.1, -0.05) is 0 Å². The lowest BCUT2D eigenvalue weighted by Gasteiger charge is -2.33. The van der Waals surface area contributed by atoms with Gasteiger partial charge < -0.3 is 19.8 Å². The first-order valence-corrected chi connectivity index (χ1v) is 12.6. The van der Waals surface area contributed by atoms with E-state index < -0.39 is 5.92 Å². The van der Waals surface area contributed by atoms with Gasteiger partial charge in [0.2, 0.25) is 0 Å². The number of allylic oxidation sites excluding steroid dienone is 3. The zero-order chi connectivity index (χ0) is 25.9. The monoisotopic (exact) mass is 558 g/mol. The molecule has 5 rings (SSSR count). The van der Waals surface area contributed by atoms with E-state index in [1.54, 1.807) is 54.7 Å². The average molecular weight is 559 g/mol. The van der Waals surface area contributed by atoms with E-state index in [-0.39, 0.29) is 18.3 Å². The molecule has 0 spiro atoms. The number of Topliss-reactive ketones (excluding diaryl/α,β-unsaturated/α-hetero) is 1. The number of amides is 1. The minimum absolute atomic E-state index is 0.00472. The smallest absolute Gasteiger partial charge is 0.255 e. The van der Waals surface area contributed by atoms with Crippen LogP contribution in [0.15, 0.2) is 86.2 Å². The molecule has 186 valence electrons. The highest BCUT2D eigenvalue weighted by atomic mass is 79.9. The van der Waals surface area contributed by atoms with Gasteiger partial charge in [-0.25, -0.2) is 4.98 Å². The van der Waals surface area contributed by atoms with Gasteiger partial charge in [-0.3, -0.25) is 9.59 Å². The van der Waals surface area contributed by atoms with Crippen molar-refractivity contribution >= 4 is 33.4 Å². The maximum atomic E-state index is 13.5. The van der Waals surface area contributed by atoms with E-state index in [0.717, 1.165) is 23.0 Å². The number of rotatable bonds is 6. The predicted octanol–water partition coefficient (Wildman–Crippen LogP) is 5.49. The van der Waals surface area contributed by atoms with Crippen molar-refractivity contribution in [2.24, 2.45) is 0 Å². The summed E-state index contributed by atoms with van der Waals surface area (Å²) in [6, 6.07) is 15.9. The first-order chi connectivity index (χ1) is 17.9. The van der Waals surface area contributed by atoms with Crippen LogP contribution in [0.2, 0.25) is 0 Å². The Balaban J connectivity index is 1.44. The summed E-state index contributed by atoms with van der Waals surface area (Å²) in [6.45, 7) is 1.99. The summed E-state index contributed by atoms with van der Waals surface area (Å²) < 4.78 is 12.8. The number of anilines is 1. The lowest BCUT2D eigenvalue weighted by Crippen LogP contribution is -2.35. The third-order valence-electron chi connectivity index (χ3n) is 6.32. The Morgan fingerprint density at radius 2 is 2.03 bits per heavy atom. The number of furan rings is 1. The number of nitrogens with zero attached hydrogens (tertiary/aromatic N) is 2. The third-order valence-corrected chi connectivity index (χ3v) is 6.79. The lowest BCUT2D eigenvalue weighted by atomic mass is 9.77. The first kappa shape index (κ1) is 24.5. The second kappa shape index (κ2) is 10.4. The summed E-state index contributed by atoms with van der Waals surface area (Å²) in [7, 11) is 0. The fourth-order valence-electron chi connectivity index (χ4n) is 4.61. The maximum absolute atomic E-state index is 13.5. The van der Waals surface area contributed by atoms with E-state index in [2.05, 4.69) is 37.6 Å². The highest BCUT2D eigenvalue weighted by Gasteiger charge is 2.40. The van der Waals surface area contributed by atoms with Gasteiger partial charge in [0, 0.05) is 34.1 Å². The number of carbonyl (C=O) groups is 2. The Bertz CT molecular complexity index is 1460. The molecule has 1 atom stereocenters. The second-order valence-electron chi connectivity index (χ2n) is 8.81. The number of pyridine rings is 1.